The van der Waals surface area contributed by atoms with E-state index in [1.54, 1.807) is 4.57 Å². The summed E-state index contributed by atoms with van der Waals surface area (Å²) in [5, 5.41) is 0.906. The fraction of sp³-hybridized carbons (Fsp3) is 0.381. The molecule has 1 aliphatic heterocycles. The first kappa shape index (κ1) is 18.6. The fourth-order valence-electron chi connectivity index (χ4n) is 3.52. The predicted octanol–water partition coefficient (Wildman–Crippen LogP) is 2.50. The van der Waals surface area contributed by atoms with Gasteiger partial charge in [0.15, 0.2) is 0 Å². The number of aryl methyl sites for hydroxylation is 1. The molecule has 7 nitrogen and oxygen atoms in total. The standard InChI is InChI=1S/C21H25N5O2/c1-3-4-5-26-13-18(17-10-15(2)24-20(17)21(26)27)16-11-22-19(23-12-16)14-25-6-8-28-9-7-25/h3-4,10-13,24H,5-9,14H2,1-2H3/b4-3+. The Kier molecular flexibility index (Phi) is 5.36. The molecule has 146 valence electrons. The Morgan fingerprint density at radius 2 is 2.00 bits per heavy atom. The molecule has 1 saturated heterocycles. The second-order valence-corrected chi connectivity index (χ2v) is 7.09. The van der Waals surface area contributed by atoms with Crippen LogP contribution in [0.2, 0.25) is 0 Å². The summed E-state index contributed by atoms with van der Waals surface area (Å²) in [4.78, 5) is 27.4. The van der Waals surface area contributed by atoms with Gasteiger partial charge in [0.05, 0.1) is 19.8 Å². The van der Waals surface area contributed by atoms with Gasteiger partial charge in [0.25, 0.3) is 5.56 Å². The van der Waals surface area contributed by atoms with E-state index in [0.29, 0.717) is 12.1 Å². The van der Waals surface area contributed by atoms with Crippen molar-refractivity contribution in [3.8, 4) is 11.1 Å². The topological polar surface area (TPSA) is 76.0 Å². The molecule has 3 aromatic rings. The molecule has 3 aromatic heterocycles. The third-order valence-electron chi connectivity index (χ3n) is 5.03. The van der Waals surface area contributed by atoms with E-state index in [9.17, 15) is 4.79 Å². The molecule has 7 heteroatoms. The molecule has 0 aliphatic carbocycles. The third-order valence-corrected chi connectivity index (χ3v) is 5.03. The zero-order valence-electron chi connectivity index (χ0n) is 16.3. The number of aromatic nitrogens is 4. The van der Waals surface area contributed by atoms with Gasteiger partial charge in [-0.1, -0.05) is 12.2 Å². The van der Waals surface area contributed by atoms with Gasteiger partial charge in [-0.2, -0.15) is 0 Å². The van der Waals surface area contributed by atoms with E-state index in [-0.39, 0.29) is 5.56 Å². The molecule has 28 heavy (non-hydrogen) atoms. The van der Waals surface area contributed by atoms with Gasteiger partial charge in [-0.3, -0.25) is 9.69 Å². The van der Waals surface area contributed by atoms with E-state index >= 15 is 0 Å². The lowest BCUT2D eigenvalue weighted by atomic mass is 10.1. The van der Waals surface area contributed by atoms with Gasteiger partial charge in [0.1, 0.15) is 11.3 Å². The monoisotopic (exact) mass is 379 g/mol. The van der Waals surface area contributed by atoms with Crippen molar-refractivity contribution in [3.63, 3.8) is 0 Å². The Labute approximate surface area is 163 Å². The molecular weight excluding hydrogens is 354 g/mol. The summed E-state index contributed by atoms with van der Waals surface area (Å²) in [7, 11) is 0. The SMILES string of the molecule is C/C=C/Cn1cc(-c2cnc(CN3CCOCC3)nc2)c2cc(C)[nH]c2c1=O. The highest BCUT2D eigenvalue weighted by Crippen LogP contribution is 2.26. The van der Waals surface area contributed by atoms with Crippen LogP contribution in [0.5, 0.6) is 0 Å². The molecule has 0 amide bonds. The Hall–Kier alpha value is -2.77. The molecule has 1 N–H and O–H groups in total. The van der Waals surface area contributed by atoms with Crippen molar-refractivity contribution in [2.75, 3.05) is 26.3 Å². The summed E-state index contributed by atoms with van der Waals surface area (Å²) >= 11 is 0. The second-order valence-electron chi connectivity index (χ2n) is 7.09. The van der Waals surface area contributed by atoms with Gasteiger partial charge in [0, 0.05) is 60.4 Å². The van der Waals surface area contributed by atoms with Gasteiger partial charge in [0.2, 0.25) is 0 Å². The molecule has 0 saturated carbocycles. The highest BCUT2D eigenvalue weighted by molar-refractivity contribution is 5.94. The number of hydrogen-bond donors (Lipinski definition) is 1. The summed E-state index contributed by atoms with van der Waals surface area (Å²) in [5.41, 5.74) is 3.43. The van der Waals surface area contributed by atoms with E-state index in [0.717, 1.165) is 60.9 Å². The normalized spacial score (nSPS) is 15.6. The second kappa shape index (κ2) is 8.08. The number of H-pyrrole nitrogens is 1. The van der Waals surface area contributed by atoms with E-state index in [4.69, 9.17) is 4.74 Å². The maximum Gasteiger partial charge on any atom is 0.275 e. The molecule has 4 heterocycles. The van der Waals surface area contributed by atoms with Crippen LogP contribution in [-0.4, -0.2) is 50.7 Å². The lowest BCUT2D eigenvalue weighted by Gasteiger charge is -2.25. The number of nitrogens with zero attached hydrogens (tertiary/aromatic N) is 4. The number of aromatic amines is 1. The van der Waals surface area contributed by atoms with Crippen LogP contribution in [0.15, 0.2) is 41.6 Å². The van der Waals surface area contributed by atoms with Crippen LogP contribution in [0.25, 0.3) is 22.0 Å². The minimum atomic E-state index is -0.0187. The number of fused-ring (bicyclic) bond motifs is 1. The molecule has 1 aliphatic rings. The summed E-state index contributed by atoms with van der Waals surface area (Å²) < 4.78 is 7.11. The largest absolute Gasteiger partial charge is 0.379 e. The van der Waals surface area contributed by atoms with Crippen LogP contribution < -0.4 is 5.56 Å². The molecule has 0 radical (unpaired) electrons. The lowest BCUT2D eigenvalue weighted by Crippen LogP contribution is -2.36. The molecule has 0 spiro atoms. The number of ether oxygens (including phenoxy) is 1. The van der Waals surface area contributed by atoms with Gasteiger partial charge < -0.3 is 14.3 Å². The first-order valence-corrected chi connectivity index (χ1v) is 9.61. The first-order valence-electron chi connectivity index (χ1n) is 9.61. The maximum absolute atomic E-state index is 12.8. The van der Waals surface area contributed by atoms with Crippen LogP contribution in [0.3, 0.4) is 0 Å². The molecule has 0 aromatic carbocycles. The average molecular weight is 379 g/mol. The predicted molar refractivity (Wildman–Crippen MR) is 109 cm³/mol. The van der Waals surface area contributed by atoms with Crippen molar-refractivity contribution < 1.29 is 4.74 Å². The zero-order valence-corrected chi connectivity index (χ0v) is 16.3. The number of hydrogen-bond acceptors (Lipinski definition) is 5. The number of morpholine rings is 1. The third kappa shape index (κ3) is 3.76. The Morgan fingerprint density at radius 3 is 2.71 bits per heavy atom. The van der Waals surface area contributed by atoms with Crippen molar-refractivity contribution in [1.29, 1.82) is 0 Å². The number of rotatable bonds is 5. The molecular formula is C21H25N5O2. The summed E-state index contributed by atoms with van der Waals surface area (Å²) in [5.74, 6) is 0.800. The molecule has 1 fully saturated rings. The summed E-state index contributed by atoms with van der Waals surface area (Å²) in [6, 6.07) is 2.01. The van der Waals surface area contributed by atoms with E-state index in [2.05, 4.69) is 19.9 Å². The van der Waals surface area contributed by atoms with Crippen molar-refractivity contribution in [1.82, 2.24) is 24.4 Å². The van der Waals surface area contributed by atoms with Gasteiger partial charge >= 0.3 is 0 Å². The van der Waals surface area contributed by atoms with Gasteiger partial charge in [-0.15, -0.1) is 0 Å². The highest BCUT2D eigenvalue weighted by atomic mass is 16.5. The van der Waals surface area contributed by atoms with E-state index in [1.807, 2.05) is 50.7 Å². The van der Waals surface area contributed by atoms with Gasteiger partial charge in [-0.05, 0) is 19.9 Å². The summed E-state index contributed by atoms with van der Waals surface area (Å²) in [6.07, 6.45) is 9.52. The van der Waals surface area contributed by atoms with E-state index < -0.39 is 0 Å². The van der Waals surface area contributed by atoms with Crippen molar-refractivity contribution in [3.05, 3.63) is 58.7 Å². The van der Waals surface area contributed by atoms with Crippen LogP contribution in [0, 0.1) is 6.92 Å². The number of nitrogens with one attached hydrogen (secondary N) is 1. The van der Waals surface area contributed by atoms with Crippen molar-refractivity contribution in [2.45, 2.75) is 26.9 Å². The molecule has 4 rings (SSSR count). The fourth-order valence-corrected chi connectivity index (χ4v) is 3.52. The number of pyridine rings is 1. The van der Waals surface area contributed by atoms with Gasteiger partial charge in [-0.25, -0.2) is 9.97 Å². The van der Waals surface area contributed by atoms with Crippen LogP contribution >= 0.6 is 0 Å². The number of allylic oxidation sites excluding steroid dienone is 2. The van der Waals surface area contributed by atoms with Crippen molar-refractivity contribution >= 4 is 10.9 Å². The van der Waals surface area contributed by atoms with Crippen LogP contribution in [0.4, 0.5) is 0 Å². The molecule has 0 unspecified atom stereocenters. The van der Waals surface area contributed by atoms with Crippen molar-refractivity contribution in [2.24, 2.45) is 0 Å². The Morgan fingerprint density at radius 1 is 1.25 bits per heavy atom. The minimum Gasteiger partial charge on any atom is -0.379 e. The summed E-state index contributed by atoms with van der Waals surface area (Å²) in [6.45, 7) is 8.50. The molecule has 0 atom stereocenters. The lowest BCUT2D eigenvalue weighted by molar-refractivity contribution is 0.0330. The highest BCUT2D eigenvalue weighted by Gasteiger charge is 2.15. The van der Waals surface area contributed by atoms with E-state index in [1.165, 1.54) is 0 Å². The minimum absolute atomic E-state index is 0.0187. The first-order chi connectivity index (χ1) is 13.7. The average Bonchev–Trinajstić information content (AvgIpc) is 3.11. The Bertz CT molecular complexity index is 1040. The van der Waals surface area contributed by atoms with Crippen LogP contribution in [0.1, 0.15) is 18.4 Å². The van der Waals surface area contributed by atoms with Crippen LogP contribution in [-0.2, 0) is 17.8 Å². The maximum atomic E-state index is 12.8. The Balaban J connectivity index is 1.69. The zero-order chi connectivity index (χ0) is 19.5. The molecule has 0 bridgehead atoms. The quantitative estimate of drug-likeness (QED) is 0.690. The smallest absolute Gasteiger partial charge is 0.275 e.